The molecule has 1 aliphatic rings. The number of hydrogen-bond donors (Lipinski definition) is 0. The highest BCUT2D eigenvalue weighted by molar-refractivity contribution is 9.10. The summed E-state index contributed by atoms with van der Waals surface area (Å²) in [6.45, 7) is 2.28. The van der Waals surface area contributed by atoms with Crippen molar-refractivity contribution in [2.75, 3.05) is 0 Å². The molecule has 1 aromatic carbocycles. The van der Waals surface area contributed by atoms with E-state index in [-0.39, 0.29) is 5.38 Å². The number of rotatable bonds is 3. The van der Waals surface area contributed by atoms with E-state index >= 15 is 0 Å². The Kier molecular flexibility index (Phi) is 3.97. The molecule has 0 aromatic heterocycles. The maximum atomic E-state index is 6.71. The van der Waals surface area contributed by atoms with Gasteiger partial charge in [0.2, 0.25) is 0 Å². The number of alkyl halides is 1. The fourth-order valence-electron chi connectivity index (χ4n) is 2.85. The molecule has 1 atom stereocenters. The van der Waals surface area contributed by atoms with E-state index in [2.05, 4.69) is 47.1 Å². The molecule has 0 spiro atoms. The first-order valence-corrected chi connectivity index (χ1v) is 7.30. The van der Waals surface area contributed by atoms with Crippen molar-refractivity contribution in [2.24, 2.45) is 5.41 Å². The highest BCUT2D eigenvalue weighted by atomic mass is 79.9. The van der Waals surface area contributed by atoms with Crippen molar-refractivity contribution in [2.45, 2.75) is 44.4 Å². The van der Waals surface area contributed by atoms with Gasteiger partial charge < -0.3 is 0 Å². The van der Waals surface area contributed by atoms with E-state index in [1.54, 1.807) is 0 Å². The van der Waals surface area contributed by atoms with E-state index in [0.29, 0.717) is 5.41 Å². The summed E-state index contributed by atoms with van der Waals surface area (Å²) in [5.41, 5.74) is 1.61. The largest absolute Gasteiger partial charge is 0.117 e. The number of hydrogen-bond acceptors (Lipinski definition) is 0. The fraction of sp³-hybridized carbons (Fsp3) is 0.571. The van der Waals surface area contributed by atoms with Crippen LogP contribution in [0.2, 0.25) is 0 Å². The Morgan fingerprint density at radius 2 is 1.81 bits per heavy atom. The number of halogens is 2. The minimum Gasteiger partial charge on any atom is -0.117 e. The van der Waals surface area contributed by atoms with Crippen molar-refractivity contribution < 1.29 is 0 Å². The van der Waals surface area contributed by atoms with Crippen molar-refractivity contribution >= 4 is 27.5 Å². The monoisotopic (exact) mass is 300 g/mol. The predicted molar refractivity (Wildman–Crippen MR) is 73.9 cm³/mol. The smallest absolute Gasteiger partial charge is 0.0641 e. The van der Waals surface area contributed by atoms with Gasteiger partial charge >= 0.3 is 0 Å². The minimum atomic E-state index is 0.174. The van der Waals surface area contributed by atoms with Gasteiger partial charge in [0.25, 0.3) is 0 Å². The van der Waals surface area contributed by atoms with Gasteiger partial charge in [0.05, 0.1) is 5.38 Å². The third kappa shape index (κ3) is 2.31. The van der Waals surface area contributed by atoms with Gasteiger partial charge in [-0.2, -0.15) is 0 Å². The average Bonchev–Trinajstić information content (AvgIpc) is 2.79. The molecule has 1 aromatic rings. The van der Waals surface area contributed by atoms with E-state index in [1.807, 2.05) is 0 Å². The molecule has 16 heavy (non-hydrogen) atoms. The summed E-state index contributed by atoms with van der Waals surface area (Å²) in [7, 11) is 0. The van der Waals surface area contributed by atoms with E-state index in [1.165, 1.54) is 37.7 Å². The summed E-state index contributed by atoms with van der Waals surface area (Å²) in [5, 5.41) is 0.174. The Labute approximate surface area is 112 Å². The molecule has 0 radical (unpaired) electrons. The molecule has 2 heteroatoms. The fourth-order valence-corrected chi connectivity index (χ4v) is 3.63. The highest BCUT2D eigenvalue weighted by Gasteiger charge is 2.39. The first-order chi connectivity index (χ1) is 7.68. The van der Waals surface area contributed by atoms with Gasteiger partial charge in [0.1, 0.15) is 0 Å². The van der Waals surface area contributed by atoms with Crippen LogP contribution >= 0.6 is 27.5 Å². The van der Waals surface area contributed by atoms with Crippen molar-refractivity contribution in [1.82, 2.24) is 0 Å². The van der Waals surface area contributed by atoms with Crippen molar-refractivity contribution in [3.05, 3.63) is 34.3 Å². The number of benzene rings is 1. The molecule has 0 bridgehead atoms. The van der Waals surface area contributed by atoms with E-state index < -0.39 is 0 Å². The Bertz CT molecular complexity index is 338. The SMILES string of the molecule is CCC1(C(Cl)c2ccc(Br)cc2)CCCC1. The summed E-state index contributed by atoms with van der Waals surface area (Å²) < 4.78 is 1.12. The van der Waals surface area contributed by atoms with Crippen LogP contribution in [0.4, 0.5) is 0 Å². The second kappa shape index (κ2) is 5.10. The van der Waals surface area contributed by atoms with E-state index in [0.717, 1.165) is 4.47 Å². The molecule has 0 nitrogen and oxygen atoms in total. The second-order valence-corrected chi connectivity index (χ2v) is 6.19. The van der Waals surface area contributed by atoms with Crippen LogP contribution in [-0.2, 0) is 0 Å². The van der Waals surface area contributed by atoms with Gasteiger partial charge in [0.15, 0.2) is 0 Å². The molecule has 1 aliphatic carbocycles. The lowest BCUT2D eigenvalue weighted by molar-refractivity contribution is 0.271. The molecule has 1 unspecified atom stereocenters. The van der Waals surface area contributed by atoms with Crippen LogP contribution in [-0.4, -0.2) is 0 Å². The van der Waals surface area contributed by atoms with Crippen LogP contribution in [0.3, 0.4) is 0 Å². The Morgan fingerprint density at radius 1 is 1.25 bits per heavy atom. The van der Waals surface area contributed by atoms with E-state index in [4.69, 9.17) is 11.6 Å². The maximum Gasteiger partial charge on any atom is 0.0641 e. The molecule has 2 rings (SSSR count). The van der Waals surface area contributed by atoms with Crippen LogP contribution < -0.4 is 0 Å². The van der Waals surface area contributed by atoms with E-state index in [9.17, 15) is 0 Å². The Morgan fingerprint density at radius 3 is 2.31 bits per heavy atom. The third-order valence-corrected chi connectivity index (χ3v) is 5.25. The molecule has 88 valence electrons. The zero-order valence-corrected chi connectivity index (χ0v) is 12.0. The summed E-state index contributed by atoms with van der Waals surface area (Å²) in [5.74, 6) is 0. The van der Waals surface area contributed by atoms with Crippen LogP contribution in [0.1, 0.15) is 50.0 Å². The molecular formula is C14H18BrCl. The third-order valence-electron chi connectivity index (χ3n) is 4.00. The van der Waals surface area contributed by atoms with Crippen molar-refractivity contribution in [3.8, 4) is 0 Å². The topological polar surface area (TPSA) is 0 Å². The molecule has 0 amide bonds. The van der Waals surface area contributed by atoms with Gasteiger partial charge in [0, 0.05) is 4.47 Å². The standard InChI is InChI=1S/C14H18BrCl/c1-2-14(9-3-4-10-14)13(16)11-5-7-12(15)8-6-11/h5-8,13H,2-4,9-10H2,1H3. The summed E-state index contributed by atoms with van der Waals surface area (Å²) in [6.07, 6.45) is 6.44. The van der Waals surface area contributed by atoms with Crippen LogP contribution in [0.15, 0.2) is 28.7 Å². The molecule has 0 saturated heterocycles. The summed E-state index contributed by atoms with van der Waals surface area (Å²) >= 11 is 10.2. The zero-order valence-electron chi connectivity index (χ0n) is 9.68. The maximum absolute atomic E-state index is 6.71. The lowest BCUT2D eigenvalue weighted by Crippen LogP contribution is -2.21. The van der Waals surface area contributed by atoms with Gasteiger partial charge in [-0.3, -0.25) is 0 Å². The highest BCUT2D eigenvalue weighted by Crippen LogP contribution is 2.53. The molecule has 1 fully saturated rings. The predicted octanol–water partition coefficient (Wildman–Crippen LogP) is 5.70. The van der Waals surface area contributed by atoms with Crippen molar-refractivity contribution in [3.63, 3.8) is 0 Å². The Hall–Kier alpha value is -0.0100. The van der Waals surface area contributed by atoms with Crippen LogP contribution in [0.25, 0.3) is 0 Å². The van der Waals surface area contributed by atoms with Gasteiger partial charge in [-0.15, -0.1) is 11.6 Å². The molecule has 1 saturated carbocycles. The Balaban J connectivity index is 2.23. The van der Waals surface area contributed by atoms with Crippen LogP contribution in [0, 0.1) is 5.41 Å². The minimum absolute atomic E-state index is 0.174. The first kappa shape index (κ1) is 12.4. The average molecular weight is 302 g/mol. The zero-order chi connectivity index (χ0) is 11.6. The molecular weight excluding hydrogens is 284 g/mol. The molecule has 0 aliphatic heterocycles. The summed E-state index contributed by atoms with van der Waals surface area (Å²) in [6, 6.07) is 8.47. The lowest BCUT2D eigenvalue weighted by Gasteiger charge is -2.33. The molecule has 0 heterocycles. The van der Waals surface area contributed by atoms with Gasteiger partial charge in [-0.1, -0.05) is 47.8 Å². The second-order valence-electron chi connectivity index (χ2n) is 4.84. The normalized spacial score (nSPS) is 20.9. The first-order valence-electron chi connectivity index (χ1n) is 6.07. The van der Waals surface area contributed by atoms with Crippen LogP contribution in [0.5, 0.6) is 0 Å². The van der Waals surface area contributed by atoms with Crippen molar-refractivity contribution in [1.29, 1.82) is 0 Å². The van der Waals surface area contributed by atoms with Gasteiger partial charge in [-0.05, 0) is 42.4 Å². The molecule has 0 N–H and O–H groups in total. The summed E-state index contributed by atoms with van der Waals surface area (Å²) in [4.78, 5) is 0. The lowest BCUT2D eigenvalue weighted by atomic mass is 9.77. The van der Waals surface area contributed by atoms with Gasteiger partial charge in [-0.25, -0.2) is 0 Å². The quantitative estimate of drug-likeness (QED) is 0.628.